The molecule has 6 nitrogen and oxygen atoms in total. The van der Waals surface area contributed by atoms with Crippen molar-refractivity contribution in [3.05, 3.63) is 58.1 Å². The number of carbonyl (C=O) groups is 1. The Labute approximate surface area is 167 Å². The first-order chi connectivity index (χ1) is 12.9. The van der Waals surface area contributed by atoms with Crippen LogP contribution in [-0.2, 0) is 16.6 Å². The van der Waals surface area contributed by atoms with Crippen molar-refractivity contribution in [1.82, 2.24) is 9.62 Å². The molecule has 1 fully saturated rings. The summed E-state index contributed by atoms with van der Waals surface area (Å²) in [5.74, 6) is 0.327. The van der Waals surface area contributed by atoms with E-state index >= 15 is 0 Å². The van der Waals surface area contributed by atoms with E-state index in [1.54, 1.807) is 13.2 Å². The van der Waals surface area contributed by atoms with Gasteiger partial charge in [-0.05, 0) is 53.0 Å². The predicted molar refractivity (Wildman–Crippen MR) is 106 cm³/mol. The summed E-state index contributed by atoms with van der Waals surface area (Å²) in [6, 6.07) is 11.9. The minimum Gasteiger partial charge on any atom is -0.496 e. The maximum absolute atomic E-state index is 12.7. The van der Waals surface area contributed by atoms with Crippen LogP contribution in [0.3, 0.4) is 0 Å². The molecule has 1 heterocycles. The van der Waals surface area contributed by atoms with Crippen molar-refractivity contribution in [2.24, 2.45) is 0 Å². The van der Waals surface area contributed by atoms with E-state index in [0.717, 1.165) is 18.4 Å². The predicted octanol–water partition coefficient (Wildman–Crippen LogP) is 3.17. The molecule has 0 radical (unpaired) electrons. The number of methoxy groups -OCH3 is 1. The summed E-state index contributed by atoms with van der Waals surface area (Å²) >= 11 is 3.34. The molecule has 0 unspecified atom stereocenters. The van der Waals surface area contributed by atoms with E-state index in [9.17, 15) is 13.2 Å². The molecule has 1 amide bonds. The Morgan fingerprint density at radius 1 is 1.19 bits per heavy atom. The molecule has 27 heavy (non-hydrogen) atoms. The molecule has 0 aromatic heterocycles. The molecule has 1 N–H and O–H groups in total. The average molecular weight is 453 g/mol. The lowest BCUT2D eigenvalue weighted by atomic mass is 10.1. The molecular formula is C19H21BrN2O4S. The van der Waals surface area contributed by atoms with Gasteiger partial charge in [0.2, 0.25) is 10.0 Å². The zero-order valence-corrected chi connectivity index (χ0v) is 17.3. The summed E-state index contributed by atoms with van der Waals surface area (Å²) in [7, 11) is -2.00. The Balaban J connectivity index is 1.80. The van der Waals surface area contributed by atoms with Crippen LogP contribution in [-0.4, -0.2) is 38.8 Å². The van der Waals surface area contributed by atoms with E-state index in [-0.39, 0.29) is 22.9 Å². The molecule has 0 atom stereocenters. The number of hydrogen-bond acceptors (Lipinski definition) is 4. The molecule has 0 spiro atoms. The SMILES string of the molecule is COc1ccccc1CNC(=O)c1cc(S(=O)(=O)N2CCCC2)ccc1Br. The number of halogens is 1. The highest BCUT2D eigenvalue weighted by molar-refractivity contribution is 9.10. The van der Waals surface area contributed by atoms with Crippen LogP contribution in [0.4, 0.5) is 0 Å². The monoisotopic (exact) mass is 452 g/mol. The van der Waals surface area contributed by atoms with Crippen molar-refractivity contribution in [1.29, 1.82) is 0 Å². The average Bonchev–Trinajstić information content (AvgIpc) is 3.22. The number of rotatable bonds is 6. The molecule has 144 valence electrons. The number of sulfonamides is 1. The fraction of sp³-hybridized carbons (Fsp3) is 0.316. The fourth-order valence-corrected chi connectivity index (χ4v) is 5.01. The van der Waals surface area contributed by atoms with Gasteiger partial charge >= 0.3 is 0 Å². The number of carbonyl (C=O) groups excluding carboxylic acids is 1. The van der Waals surface area contributed by atoms with Crippen LogP contribution in [0.1, 0.15) is 28.8 Å². The maximum Gasteiger partial charge on any atom is 0.252 e. The van der Waals surface area contributed by atoms with Crippen LogP contribution < -0.4 is 10.1 Å². The number of amides is 1. The van der Waals surface area contributed by atoms with Gasteiger partial charge in [-0.25, -0.2) is 8.42 Å². The minimum atomic E-state index is -3.58. The van der Waals surface area contributed by atoms with Gasteiger partial charge in [0.05, 0.1) is 17.6 Å². The van der Waals surface area contributed by atoms with Gasteiger partial charge in [0.1, 0.15) is 5.75 Å². The molecule has 1 aliphatic rings. The fourth-order valence-electron chi connectivity index (χ4n) is 3.04. The molecule has 0 saturated carbocycles. The molecule has 0 bridgehead atoms. The lowest BCUT2D eigenvalue weighted by Crippen LogP contribution is -2.28. The third-order valence-corrected chi connectivity index (χ3v) is 7.10. The van der Waals surface area contributed by atoms with Crippen molar-refractivity contribution >= 4 is 31.9 Å². The van der Waals surface area contributed by atoms with Crippen LogP contribution in [0.2, 0.25) is 0 Å². The largest absolute Gasteiger partial charge is 0.496 e. The third kappa shape index (κ3) is 4.34. The van der Waals surface area contributed by atoms with Gasteiger partial charge in [0.25, 0.3) is 5.91 Å². The van der Waals surface area contributed by atoms with E-state index in [1.165, 1.54) is 16.4 Å². The number of nitrogens with zero attached hydrogens (tertiary/aromatic N) is 1. The Morgan fingerprint density at radius 3 is 2.59 bits per heavy atom. The number of benzene rings is 2. The second-order valence-corrected chi connectivity index (χ2v) is 9.04. The summed E-state index contributed by atoms with van der Waals surface area (Å²) in [6.45, 7) is 1.32. The quantitative estimate of drug-likeness (QED) is 0.729. The second kappa shape index (κ2) is 8.41. The number of hydrogen-bond donors (Lipinski definition) is 1. The first-order valence-corrected chi connectivity index (χ1v) is 10.9. The highest BCUT2D eigenvalue weighted by Crippen LogP contribution is 2.26. The topological polar surface area (TPSA) is 75.7 Å². The normalized spacial score (nSPS) is 14.9. The van der Waals surface area contributed by atoms with Gasteiger partial charge < -0.3 is 10.1 Å². The molecule has 2 aromatic carbocycles. The zero-order valence-electron chi connectivity index (χ0n) is 14.9. The van der Waals surface area contributed by atoms with E-state index in [0.29, 0.717) is 23.3 Å². The Hall–Kier alpha value is -1.90. The van der Waals surface area contributed by atoms with Gasteiger partial charge in [-0.2, -0.15) is 4.31 Å². The number of nitrogens with one attached hydrogen (secondary N) is 1. The number of ether oxygens (including phenoxy) is 1. The van der Waals surface area contributed by atoms with E-state index < -0.39 is 10.0 Å². The molecule has 1 saturated heterocycles. The molecule has 1 aliphatic heterocycles. The first-order valence-electron chi connectivity index (χ1n) is 8.63. The highest BCUT2D eigenvalue weighted by atomic mass is 79.9. The summed E-state index contributed by atoms with van der Waals surface area (Å²) in [5, 5.41) is 2.82. The highest BCUT2D eigenvalue weighted by Gasteiger charge is 2.28. The van der Waals surface area contributed by atoms with Crippen molar-refractivity contribution in [3.8, 4) is 5.75 Å². The van der Waals surface area contributed by atoms with Crippen LogP contribution in [0, 0.1) is 0 Å². The van der Waals surface area contributed by atoms with Gasteiger partial charge in [-0.1, -0.05) is 18.2 Å². The van der Waals surface area contributed by atoms with Crippen molar-refractivity contribution < 1.29 is 17.9 Å². The summed E-state index contributed by atoms with van der Waals surface area (Å²) in [4.78, 5) is 12.8. The van der Waals surface area contributed by atoms with Crippen LogP contribution >= 0.6 is 15.9 Å². The lowest BCUT2D eigenvalue weighted by Gasteiger charge is -2.16. The van der Waals surface area contributed by atoms with Crippen molar-refractivity contribution in [2.45, 2.75) is 24.3 Å². The molecule has 8 heteroatoms. The second-order valence-electron chi connectivity index (χ2n) is 6.25. The van der Waals surface area contributed by atoms with Crippen molar-refractivity contribution in [3.63, 3.8) is 0 Å². The van der Waals surface area contributed by atoms with Crippen LogP contribution in [0.15, 0.2) is 51.8 Å². The molecule has 0 aliphatic carbocycles. The van der Waals surface area contributed by atoms with Crippen LogP contribution in [0.25, 0.3) is 0 Å². The standard InChI is InChI=1S/C19H21BrN2O4S/c1-26-18-7-3-2-6-14(18)13-21-19(23)16-12-15(8-9-17(16)20)27(24,25)22-10-4-5-11-22/h2-3,6-9,12H,4-5,10-11,13H2,1H3,(H,21,23). The number of para-hydroxylation sites is 1. The van der Waals surface area contributed by atoms with Gasteiger partial charge in [0.15, 0.2) is 0 Å². The Kier molecular flexibility index (Phi) is 6.18. The van der Waals surface area contributed by atoms with Crippen LogP contribution in [0.5, 0.6) is 5.75 Å². The van der Waals surface area contributed by atoms with Gasteiger partial charge in [-0.3, -0.25) is 4.79 Å². The van der Waals surface area contributed by atoms with Gasteiger partial charge in [-0.15, -0.1) is 0 Å². The third-order valence-electron chi connectivity index (χ3n) is 4.52. The zero-order chi connectivity index (χ0) is 19.4. The lowest BCUT2D eigenvalue weighted by molar-refractivity contribution is 0.0949. The van der Waals surface area contributed by atoms with E-state index in [2.05, 4.69) is 21.2 Å². The van der Waals surface area contributed by atoms with Gasteiger partial charge in [0, 0.05) is 29.7 Å². The summed E-state index contributed by atoms with van der Waals surface area (Å²) in [5.41, 5.74) is 1.12. The van der Waals surface area contributed by atoms with Crippen molar-refractivity contribution in [2.75, 3.05) is 20.2 Å². The smallest absolute Gasteiger partial charge is 0.252 e. The molecule has 3 rings (SSSR count). The first kappa shape index (κ1) is 19.9. The van der Waals surface area contributed by atoms with E-state index in [4.69, 9.17) is 4.74 Å². The summed E-state index contributed by atoms with van der Waals surface area (Å²) < 4.78 is 32.8. The molecule has 2 aromatic rings. The Bertz CT molecular complexity index is 940. The van der Waals surface area contributed by atoms with E-state index in [1.807, 2.05) is 24.3 Å². The Morgan fingerprint density at radius 2 is 1.89 bits per heavy atom. The summed E-state index contributed by atoms with van der Waals surface area (Å²) in [6.07, 6.45) is 1.73. The maximum atomic E-state index is 12.7. The minimum absolute atomic E-state index is 0.134. The molecular weight excluding hydrogens is 432 g/mol.